The van der Waals surface area contributed by atoms with E-state index in [1.807, 2.05) is 41.5 Å². The molecule has 0 aliphatic carbocycles. The molecule has 2 heterocycles. The Morgan fingerprint density at radius 3 is 2.30 bits per heavy atom. The molecular formula is C14H22BNO4. The predicted octanol–water partition coefficient (Wildman–Crippen LogP) is 1.88. The summed E-state index contributed by atoms with van der Waals surface area (Å²) < 4.78 is 17.0. The number of nitrogens with one attached hydrogen (secondary N) is 1. The first kappa shape index (κ1) is 15.1. The minimum Gasteiger partial charge on any atom is -0.458 e. The van der Waals surface area contributed by atoms with Crippen LogP contribution < -0.4 is 5.46 Å². The first-order valence-corrected chi connectivity index (χ1v) is 6.87. The third-order valence-electron chi connectivity index (χ3n) is 3.79. The SMILES string of the molecule is CC(C)OC(=O)c1cc(B2OC(C)(C)C(C)(C)O2)c[nH]1. The lowest BCUT2D eigenvalue weighted by molar-refractivity contribution is 0.00578. The van der Waals surface area contributed by atoms with Crippen molar-refractivity contribution >= 4 is 18.6 Å². The minimum atomic E-state index is -0.475. The van der Waals surface area contributed by atoms with Crippen molar-refractivity contribution in [2.45, 2.75) is 58.8 Å². The molecule has 1 N–H and O–H groups in total. The van der Waals surface area contributed by atoms with Gasteiger partial charge >= 0.3 is 13.1 Å². The molecule has 0 amide bonds. The molecule has 6 heteroatoms. The Labute approximate surface area is 120 Å². The molecule has 0 saturated carbocycles. The van der Waals surface area contributed by atoms with E-state index < -0.39 is 18.3 Å². The molecular weight excluding hydrogens is 257 g/mol. The largest absolute Gasteiger partial charge is 0.496 e. The van der Waals surface area contributed by atoms with E-state index in [-0.39, 0.29) is 12.1 Å². The van der Waals surface area contributed by atoms with Crippen LogP contribution in [-0.2, 0) is 14.0 Å². The van der Waals surface area contributed by atoms with Crippen molar-refractivity contribution in [2.24, 2.45) is 0 Å². The van der Waals surface area contributed by atoms with E-state index in [4.69, 9.17) is 14.0 Å². The molecule has 1 saturated heterocycles. The summed E-state index contributed by atoms with van der Waals surface area (Å²) in [5.41, 5.74) is 0.406. The number of carbonyl (C=O) groups excluding carboxylic acids is 1. The van der Waals surface area contributed by atoms with E-state index in [2.05, 4.69) is 4.98 Å². The van der Waals surface area contributed by atoms with Gasteiger partial charge in [0, 0.05) is 11.7 Å². The molecule has 0 unspecified atom stereocenters. The highest BCUT2D eigenvalue weighted by Gasteiger charge is 2.52. The van der Waals surface area contributed by atoms with Crippen LogP contribution in [0, 0.1) is 0 Å². The zero-order valence-electron chi connectivity index (χ0n) is 12.9. The highest BCUT2D eigenvalue weighted by molar-refractivity contribution is 6.62. The molecule has 1 aromatic rings. The van der Waals surface area contributed by atoms with Gasteiger partial charge in [0.05, 0.1) is 17.3 Å². The molecule has 20 heavy (non-hydrogen) atoms. The van der Waals surface area contributed by atoms with Crippen LogP contribution >= 0.6 is 0 Å². The lowest BCUT2D eigenvalue weighted by Crippen LogP contribution is -2.41. The van der Waals surface area contributed by atoms with Gasteiger partial charge in [0.2, 0.25) is 0 Å². The molecule has 1 fully saturated rings. The zero-order valence-corrected chi connectivity index (χ0v) is 12.9. The molecule has 5 nitrogen and oxygen atoms in total. The van der Waals surface area contributed by atoms with Crippen LogP contribution in [0.4, 0.5) is 0 Å². The number of carbonyl (C=O) groups is 1. The van der Waals surface area contributed by atoms with Gasteiger partial charge < -0.3 is 19.0 Å². The summed E-state index contributed by atoms with van der Waals surface area (Å²) in [6.45, 7) is 11.6. The van der Waals surface area contributed by atoms with Gasteiger partial charge in [-0.1, -0.05) is 0 Å². The van der Waals surface area contributed by atoms with Crippen LogP contribution in [-0.4, -0.2) is 35.4 Å². The van der Waals surface area contributed by atoms with Gasteiger partial charge in [-0.25, -0.2) is 4.79 Å². The zero-order chi connectivity index (χ0) is 15.1. The van der Waals surface area contributed by atoms with Crippen molar-refractivity contribution in [1.82, 2.24) is 4.98 Å². The van der Waals surface area contributed by atoms with Crippen LogP contribution in [0.2, 0.25) is 0 Å². The maximum Gasteiger partial charge on any atom is 0.496 e. The average Bonchev–Trinajstić information content (AvgIpc) is 2.81. The first-order valence-electron chi connectivity index (χ1n) is 6.87. The summed E-state index contributed by atoms with van der Waals surface area (Å²) in [5, 5.41) is 0. The third kappa shape index (κ3) is 2.76. The highest BCUT2D eigenvalue weighted by Crippen LogP contribution is 2.36. The number of esters is 1. The van der Waals surface area contributed by atoms with Crippen molar-refractivity contribution in [1.29, 1.82) is 0 Å². The van der Waals surface area contributed by atoms with E-state index in [0.717, 1.165) is 5.46 Å². The standard InChI is InChI=1S/C14H22BNO4/c1-9(2)18-12(17)11-7-10(8-16-11)15-19-13(3,4)14(5,6)20-15/h7-9,16H,1-6H3. The second kappa shape index (κ2) is 4.93. The van der Waals surface area contributed by atoms with Gasteiger partial charge in [-0.3, -0.25) is 0 Å². The van der Waals surface area contributed by atoms with Crippen LogP contribution in [0.5, 0.6) is 0 Å². The molecule has 0 spiro atoms. The second-order valence-corrected chi connectivity index (χ2v) is 6.39. The maximum atomic E-state index is 11.8. The van der Waals surface area contributed by atoms with Gasteiger partial charge in [0.25, 0.3) is 0 Å². The number of aromatic amines is 1. The summed E-state index contributed by atoms with van der Waals surface area (Å²) in [7, 11) is -0.475. The predicted molar refractivity (Wildman–Crippen MR) is 77.1 cm³/mol. The second-order valence-electron chi connectivity index (χ2n) is 6.39. The quantitative estimate of drug-likeness (QED) is 0.678. The number of aromatic nitrogens is 1. The summed E-state index contributed by atoms with van der Waals surface area (Å²) in [5.74, 6) is -0.372. The lowest BCUT2D eigenvalue weighted by Gasteiger charge is -2.32. The van der Waals surface area contributed by atoms with E-state index in [1.54, 1.807) is 12.3 Å². The Balaban J connectivity index is 2.13. The van der Waals surface area contributed by atoms with Crippen molar-refractivity contribution in [2.75, 3.05) is 0 Å². The number of ether oxygens (including phenoxy) is 1. The van der Waals surface area contributed by atoms with Gasteiger partial charge in [-0.15, -0.1) is 0 Å². The van der Waals surface area contributed by atoms with E-state index in [0.29, 0.717) is 5.69 Å². The summed E-state index contributed by atoms with van der Waals surface area (Å²) in [4.78, 5) is 14.7. The fourth-order valence-corrected chi connectivity index (χ4v) is 1.92. The van der Waals surface area contributed by atoms with Crippen LogP contribution in [0.15, 0.2) is 12.3 Å². The van der Waals surface area contributed by atoms with Crippen molar-refractivity contribution in [3.63, 3.8) is 0 Å². The van der Waals surface area contributed by atoms with Gasteiger partial charge in [0.15, 0.2) is 0 Å². The van der Waals surface area contributed by atoms with E-state index in [1.165, 1.54) is 0 Å². The third-order valence-corrected chi connectivity index (χ3v) is 3.79. The number of hydrogen-bond acceptors (Lipinski definition) is 4. The highest BCUT2D eigenvalue weighted by atomic mass is 16.7. The summed E-state index contributed by atoms with van der Waals surface area (Å²) >= 11 is 0. The number of hydrogen-bond donors (Lipinski definition) is 1. The molecule has 1 aliphatic rings. The molecule has 1 aliphatic heterocycles. The molecule has 0 atom stereocenters. The molecule has 2 rings (SSSR count). The topological polar surface area (TPSA) is 60.6 Å². The monoisotopic (exact) mass is 279 g/mol. The Kier molecular flexibility index (Phi) is 3.73. The molecule has 1 aromatic heterocycles. The fourth-order valence-electron chi connectivity index (χ4n) is 1.92. The average molecular weight is 279 g/mol. The molecule has 110 valence electrons. The van der Waals surface area contributed by atoms with Crippen LogP contribution in [0.3, 0.4) is 0 Å². The van der Waals surface area contributed by atoms with Crippen LogP contribution in [0.1, 0.15) is 52.0 Å². The Morgan fingerprint density at radius 2 is 1.80 bits per heavy atom. The van der Waals surface area contributed by atoms with Crippen molar-refractivity contribution < 1.29 is 18.8 Å². The van der Waals surface area contributed by atoms with Gasteiger partial charge in [0.1, 0.15) is 5.69 Å². The van der Waals surface area contributed by atoms with Gasteiger partial charge in [-0.05, 0) is 47.6 Å². The minimum absolute atomic E-state index is 0.147. The fraction of sp³-hybridized carbons (Fsp3) is 0.643. The smallest absolute Gasteiger partial charge is 0.458 e. The van der Waals surface area contributed by atoms with E-state index in [9.17, 15) is 4.79 Å². The Morgan fingerprint density at radius 1 is 1.25 bits per heavy atom. The van der Waals surface area contributed by atoms with E-state index >= 15 is 0 Å². The molecule has 0 bridgehead atoms. The van der Waals surface area contributed by atoms with Crippen molar-refractivity contribution in [3.05, 3.63) is 18.0 Å². The Bertz CT molecular complexity index is 491. The molecule has 0 radical (unpaired) electrons. The van der Waals surface area contributed by atoms with Crippen molar-refractivity contribution in [3.8, 4) is 0 Å². The first-order chi connectivity index (χ1) is 9.12. The van der Waals surface area contributed by atoms with Gasteiger partial charge in [-0.2, -0.15) is 0 Å². The van der Waals surface area contributed by atoms with Crippen LogP contribution in [0.25, 0.3) is 0 Å². The lowest BCUT2D eigenvalue weighted by atomic mass is 9.81. The summed E-state index contributed by atoms with van der Waals surface area (Å²) in [6, 6.07) is 1.72. The normalized spacial score (nSPS) is 20.4. The Hall–Kier alpha value is -1.27. The molecule has 0 aromatic carbocycles. The number of H-pyrrole nitrogens is 1. The summed E-state index contributed by atoms with van der Waals surface area (Å²) in [6.07, 6.45) is 1.57. The number of rotatable bonds is 3. The maximum absolute atomic E-state index is 11.8.